The van der Waals surface area contributed by atoms with Crippen molar-refractivity contribution < 1.29 is 14.3 Å². The van der Waals surface area contributed by atoms with Crippen LogP contribution in [0.15, 0.2) is 41.8 Å². The summed E-state index contributed by atoms with van der Waals surface area (Å²) in [5.41, 5.74) is 1.73. The summed E-state index contributed by atoms with van der Waals surface area (Å²) < 4.78 is 5.77. The number of aryl methyl sites for hydroxylation is 1. The van der Waals surface area contributed by atoms with Crippen LogP contribution >= 0.6 is 11.3 Å². The lowest BCUT2D eigenvalue weighted by molar-refractivity contribution is -0.147. The van der Waals surface area contributed by atoms with Crippen LogP contribution < -0.4 is 0 Å². The largest absolute Gasteiger partial charge is 0.376 e. The Bertz CT molecular complexity index is 866. The molecule has 0 aliphatic carbocycles. The second-order valence-corrected chi connectivity index (χ2v) is 10.3. The summed E-state index contributed by atoms with van der Waals surface area (Å²) in [7, 11) is 0. The molecule has 2 aromatic rings. The van der Waals surface area contributed by atoms with Crippen molar-refractivity contribution in [1.82, 2.24) is 9.80 Å². The van der Waals surface area contributed by atoms with Crippen LogP contribution in [0.1, 0.15) is 49.6 Å². The molecule has 5 nitrogen and oxygen atoms in total. The SMILES string of the molecule is Cc1ccsc1CN(Cc1ccccc1)C(=O)CN(CC1CCCO1)C(=O)C(C)(C)C. The van der Waals surface area contributed by atoms with E-state index in [1.54, 1.807) is 16.2 Å². The minimum Gasteiger partial charge on any atom is -0.376 e. The van der Waals surface area contributed by atoms with E-state index >= 15 is 0 Å². The molecule has 1 aromatic heterocycles. The number of ether oxygens (including phenoxy) is 1. The first-order valence-corrected chi connectivity index (χ1v) is 11.9. The van der Waals surface area contributed by atoms with E-state index in [4.69, 9.17) is 4.74 Å². The zero-order valence-corrected chi connectivity index (χ0v) is 19.9. The monoisotopic (exact) mass is 442 g/mol. The Morgan fingerprint density at radius 2 is 1.84 bits per heavy atom. The molecule has 3 rings (SSSR count). The highest BCUT2D eigenvalue weighted by Crippen LogP contribution is 2.23. The van der Waals surface area contributed by atoms with Gasteiger partial charge in [-0.3, -0.25) is 9.59 Å². The second-order valence-electron chi connectivity index (χ2n) is 9.33. The maximum absolute atomic E-state index is 13.5. The Hall–Kier alpha value is -2.18. The number of rotatable bonds is 8. The fourth-order valence-electron chi connectivity index (χ4n) is 3.77. The molecule has 6 heteroatoms. The van der Waals surface area contributed by atoms with Crippen LogP contribution in [-0.4, -0.2) is 47.4 Å². The molecule has 2 heterocycles. The normalized spacial score (nSPS) is 16.3. The van der Waals surface area contributed by atoms with E-state index in [9.17, 15) is 9.59 Å². The first-order valence-electron chi connectivity index (χ1n) is 11.0. The summed E-state index contributed by atoms with van der Waals surface area (Å²) in [6.07, 6.45) is 1.96. The van der Waals surface area contributed by atoms with Crippen LogP contribution in [0, 0.1) is 12.3 Å². The van der Waals surface area contributed by atoms with Crippen molar-refractivity contribution in [3.05, 3.63) is 57.8 Å². The van der Waals surface area contributed by atoms with Gasteiger partial charge in [-0.1, -0.05) is 51.1 Å². The van der Waals surface area contributed by atoms with Crippen LogP contribution in [0.5, 0.6) is 0 Å². The summed E-state index contributed by atoms with van der Waals surface area (Å²) >= 11 is 1.67. The summed E-state index contributed by atoms with van der Waals surface area (Å²) in [5, 5.41) is 2.06. The lowest BCUT2D eigenvalue weighted by Crippen LogP contribution is -2.48. The van der Waals surface area contributed by atoms with Gasteiger partial charge in [0.2, 0.25) is 11.8 Å². The van der Waals surface area contributed by atoms with Crippen molar-refractivity contribution in [2.75, 3.05) is 19.7 Å². The fraction of sp³-hybridized carbons (Fsp3) is 0.520. The van der Waals surface area contributed by atoms with E-state index in [-0.39, 0.29) is 24.5 Å². The minimum absolute atomic E-state index is 0.0108. The van der Waals surface area contributed by atoms with Gasteiger partial charge in [0.1, 0.15) is 0 Å². The molecule has 1 aromatic carbocycles. The summed E-state index contributed by atoms with van der Waals surface area (Å²) in [6, 6.07) is 12.1. The summed E-state index contributed by atoms with van der Waals surface area (Å²) in [5.74, 6) is -0.0458. The highest BCUT2D eigenvalue weighted by molar-refractivity contribution is 7.10. The minimum atomic E-state index is -0.548. The van der Waals surface area contributed by atoms with E-state index in [0.717, 1.165) is 25.0 Å². The fourth-order valence-corrected chi connectivity index (χ4v) is 4.69. The van der Waals surface area contributed by atoms with Gasteiger partial charge in [0.05, 0.1) is 19.2 Å². The third kappa shape index (κ3) is 6.65. The Morgan fingerprint density at radius 3 is 2.42 bits per heavy atom. The van der Waals surface area contributed by atoms with E-state index in [2.05, 4.69) is 18.4 Å². The van der Waals surface area contributed by atoms with Gasteiger partial charge < -0.3 is 14.5 Å². The second kappa shape index (κ2) is 10.4. The van der Waals surface area contributed by atoms with Crippen LogP contribution in [0.2, 0.25) is 0 Å². The lowest BCUT2D eigenvalue weighted by Gasteiger charge is -2.33. The standard InChI is InChI=1S/C25H34N2O3S/c1-19-12-14-31-22(19)17-26(15-20-9-6-5-7-10-20)23(28)18-27(24(29)25(2,3)4)16-21-11-8-13-30-21/h5-7,9-10,12,14,21H,8,11,13,15-18H2,1-4H3. The average molecular weight is 443 g/mol. The van der Waals surface area contributed by atoms with Crippen molar-refractivity contribution in [2.45, 2.75) is 59.7 Å². The average Bonchev–Trinajstić information content (AvgIpc) is 3.38. The van der Waals surface area contributed by atoms with Gasteiger partial charge in [0, 0.05) is 30.0 Å². The Balaban J connectivity index is 1.79. The topological polar surface area (TPSA) is 49.9 Å². The number of carbonyl (C=O) groups excluding carboxylic acids is 2. The maximum atomic E-state index is 13.5. The van der Waals surface area contributed by atoms with Crippen molar-refractivity contribution >= 4 is 23.2 Å². The molecular formula is C25H34N2O3S. The third-order valence-electron chi connectivity index (χ3n) is 5.57. The van der Waals surface area contributed by atoms with Crippen LogP contribution in [0.3, 0.4) is 0 Å². The summed E-state index contributed by atoms with van der Waals surface area (Å²) in [4.78, 5) is 31.4. The highest BCUT2D eigenvalue weighted by Gasteiger charge is 2.32. The number of hydrogen-bond acceptors (Lipinski definition) is 4. The van der Waals surface area contributed by atoms with Gasteiger partial charge in [0.25, 0.3) is 0 Å². The third-order valence-corrected chi connectivity index (χ3v) is 6.58. The molecule has 1 saturated heterocycles. The molecular weight excluding hydrogens is 408 g/mol. The molecule has 0 saturated carbocycles. The molecule has 1 aliphatic rings. The molecule has 168 valence electrons. The predicted molar refractivity (Wildman–Crippen MR) is 125 cm³/mol. The number of amides is 2. The first kappa shape index (κ1) is 23.5. The van der Waals surface area contributed by atoms with Gasteiger partial charge >= 0.3 is 0 Å². The molecule has 0 radical (unpaired) electrons. The lowest BCUT2D eigenvalue weighted by atomic mass is 9.94. The Kier molecular flexibility index (Phi) is 7.89. The van der Waals surface area contributed by atoms with Crippen molar-refractivity contribution in [1.29, 1.82) is 0 Å². The maximum Gasteiger partial charge on any atom is 0.242 e. The van der Waals surface area contributed by atoms with Crippen molar-refractivity contribution in [3.8, 4) is 0 Å². The quantitative estimate of drug-likeness (QED) is 0.598. The smallest absolute Gasteiger partial charge is 0.242 e. The molecule has 1 aliphatic heterocycles. The Morgan fingerprint density at radius 1 is 1.10 bits per heavy atom. The van der Waals surface area contributed by atoms with E-state index < -0.39 is 5.41 Å². The molecule has 0 spiro atoms. The number of benzene rings is 1. The van der Waals surface area contributed by atoms with E-state index in [1.807, 2.05) is 56.0 Å². The molecule has 1 unspecified atom stereocenters. The Labute approximate surface area is 190 Å². The number of carbonyl (C=O) groups is 2. The van der Waals surface area contributed by atoms with E-state index in [1.165, 1.54) is 10.4 Å². The van der Waals surface area contributed by atoms with Gasteiger partial charge in [-0.15, -0.1) is 11.3 Å². The molecule has 2 amide bonds. The van der Waals surface area contributed by atoms with Crippen LogP contribution in [0.4, 0.5) is 0 Å². The van der Waals surface area contributed by atoms with Crippen LogP contribution in [0.25, 0.3) is 0 Å². The van der Waals surface area contributed by atoms with Gasteiger partial charge in [-0.05, 0) is 42.3 Å². The van der Waals surface area contributed by atoms with E-state index in [0.29, 0.717) is 19.6 Å². The number of hydrogen-bond donors (Lipinski definition) is 0. The molecule has 1 atom stereocenters. The molecule has 0 N–H and O–H groups in total. The predicted octanol–water partition coefficient (Wildman–Crippen LogP) is 4.64. The van der Waals surface area contributed by atoms with Crippen molar-refractivity contribution in [3.63, 3.8) is 0 Å². The zero-order chi connectivity index (χ0) is 22.4. The van der Waals surface area contributed by atoms with Gasteiger partial charge in [-0.2, -0.15) is 0 Å². The van der Waals surface area contributed by atoms with Crippen molar-refractivity contribution in [2.24, 2.45) is 5.41 Å². The summed E-state index contributed by atoms with van der Waals surface area (Å²) in [6.45, 7) is 10.1. The molecule has 0 bridgehead atoms. The first-order chi connectivity index (χ1) is 14.7. The highest BCUT2D eigenvalue weighted by atomic mass is 32.1. The van der Waals surface area contributed by atoms with Crippen LogP contribution in [-0.2, 0) is 27.4 Å². The molecule has 31 heavy (non-hydrogen) atoms. The van der Waals surface area contributed by atoms with Gasteiger partial charge in [-0.25, -0.2) is 0 Å². The van der Waals surface area contributed by atoms with Gasteiger partial charge in [0.15, 0.2) is 0 Å². The number of thiophene rings is 1. The molecule has 1 fully saturated rings. The zero-order valence-electron chi connectivity index (χ0n) is 19.1. The number of nitrogens with zero attached hydrogens (tertiary/aromatic N) is 2.